The molecule has 0 radical (unpaired) electrons. The van der Waals surface area contributed by atoms with Crippen LogP contribution in [0, 0.1) is 12.3 Å². The SMILES string of the molecule is C#Cc1ccc(N)cc1.C1CCOC1. The third kappa shape index (κ3) is 3.97. The number of hydrogen-bond donors (Lipinski definition) is 1. The van der Waals surface area contributed by atoms with Crippen LogP contribution in [0.5, 0.6) is 0 Å². The molecule has 2 N–H and O–H groups in total. The smallest absolute Gasteiger partial charge is 0.0466 e. The second-order valence-corrected chi connectivity index (χ2v) is 3.09. The van der Waals surface area contributed by atoms with Crippen LogP contribution in [0.3, 0.4) is 0 Å². The van der Waals surface area contributed by atoms with Crippen LogP contribution in [0.25, 0.3) is 0 Å². The van der Waals surface area contributed by atoms with E-state index in [1.807, 2.05) is 12.1 Å². The van der Waals surface area contributed by atoms with Crippen molar-refractivity contribution < 1.29 is 4.74 Å². The van der Waals surface area contributed by atoms with Crippen LogP contribution in [0.2, 0.25) is 0 Å². The molecule has 0 aromatic heterocycles. The summed E-state index contributed by atoms with van der Waals surface area (Å²) < 4.78 is 4.94. The first-order valence-corrected chi connectivity index (χ1v) is 4.73. The number of terminal acetylenes is 1. The molecule has 0 aliphatic carbocycles. The first kappa shape index (κ1) is 10.6. The largest absolute Gasteiger partial charge is 0.399 e. The number of rotatable bonds is 0. The standard InChI is InChI=1S/C8H7N.C4H8O/c1-2-7-3-5-8(9)6-4-7;1-2-4-5-3-1/h1,3-6H,9H2;1-4H2. The van der Waals surface area contributed by atoms with Crippen LogP contribution in [-0.2, 0) is 4.74 Å². The van der Waals surface area contributed by atoms with Gasteiger partial charge in [0.2, 0.25) is 0 Å². The lowest BCUT2D eigenvalue weighted by Crippen LogP contribution is -1.82. The minimum Gasteiger partial charge on any atom is -0.399 e. The first-order chi connectivity index (χ1) is 6.83. The predicted octanol–water partition coefficient (Wildman–Crippen LogP) is 2.05. The zero-order valence-corrected chi connectivity index (χ0v) is 8.20. The number of ether oxygens (including phenoxy) is 1. The monoisotopic (exact) mass is 189 g/mol. The van der Waals surface area contributed by atoms with Gasteiger partial charge in [0, 0.05) is 24.5 Å². The van der Waals surface area contributed by atoms with E-state index in [0.29, 0.717) is 0 Å². The van der Waals surface area contributed by atoms with Gasteiger partial charge in [-0.05, 0) is 37.1 Å². The molecule has 1 aliphatic heterocycles. The lowest BCUT2D eigenvalue weighted by Gasteiger charge is -1.89. The van der Waals surface area contributed by atoms with Gasteiger partial charge < -0.3 is 10.5 Å². The fraction of sp³-hybridized carbons (Fsp3) is 0.333. The van der Waals surface area contributed by atoms with Gasteiger partial charge in [0.15, 0.2) is 0 Å². The van der Waals surface area contributed by atoms with Crippen molar-refractivity contribution in [1.82, 2.24) is 0 Å². The highest BCUT2D eigenvalue weighted by atomic mass is 16.5. The zero-order valence-electron chi connectivity index (χ0n) is 8.20. The highest BCUT2D eigenvalue weighted by molar-refractivity contribution is 5.43. The Morgan fingerprint density at radius 3 is 2.07 bits per heavy atom. The third-order valence-corrected chi connectivity index (χ3v) is 1.90. The molecule has 2 nitrogen and oxygen atoms in total. The number of anilines is 1. The number of benzene rings is 1. The van der Waals surface area contributed by atoms with Crippen LogP contribution >= 0.6 is 0 Å². The molecule has 0 amide bonds. The molecule has 1 heterocycles. The maximum Gasteiger partial charge on any atom is 0.0466 e. The van der Waals surface area contributed by atoms with E-state index in [-0.39, 0.29) is 0 Å². The van der Waals surface area contributed by atoms with Crippen molar-refractivity contribution in [1.29, 1.82) is 0 Å². The summed E-state index contributed by atoms with van der Waals surface area (Å²) in [7, 11) is 0. The van der Waals surface area contributed by atoms with Gasteiger partial charge in [0.05, 0.1) is 0 Å². The quantitative estimate of drug-likeness (QED) is 0.500. The molecule has 0 saturated carbocycles. The number of nitrogens with two attached hydrogens (primary N) is 1. The van der Waals surface area contributed by atoms with Crippen LogP contribution in [0.1, 0.15) is 18.4 Å². The Hall–Kier alpha value is -1.46. The van der Waals surface area contributed by atoms with Crippen molar-refractivity contribution in [2.45, 2.75) is 12.8 Å². The summed E-state index contributed by atoms with van der Waals surface area (Å²) in [5.74, 6) is 2.50. The molecule has 0 atom stereocenters. The van der Waals surface area contributed by atoms with Gasteiger partial charge in [-0.25, -0.2) is 0 Å². The van der Waals surface area contributed by atoms with Gasteiger partial charge in [-0.1, -0.05) is 5.92 Å². The predicted molar refractivity (Wildman–Crippen MR) is 58.8 cm³/mol. The van der Waals surface area contributed by atoms with Crippen molar-refractivity contribution in [2.75, 3.05) is 18.9 Å². The lowest BCUT2D eigenvalue weighted by molar-refractivity contribution is 0.198. The molecule has 0 unspecified atom stereocenters. The van der Waals surface area contributed by atoms with Crippen LogP contribution < -0.4 is 5.73 Å². The summed E-state index contributed by atoms with van der Waals surface area (Å²) in [6, 6.07) is 7.20. The maximum atomic E-state index is 5.41. The Balaban J connectivity index is 0.000000165. The minimum atomic E-state index is 0.744. The van der Waals surface area contributed by atoms with Crippen LogP contribution in [-0.4, -0.2) is 13.2 Å². The second-order valence-electron chi connectivity index (χ2n) is 3.09. The van der Waals surface area contributed by atoms with Gasteiger partial charge in [0.1, 0.15) is 0 Å². The fourth-order valence-corrected chi connectivity index (χ4v) is 1.09. The molecule has 1 fully saturated rings. The summed E-state index contributed by atoms with van der Waals surface area (Å²) in [6.45, 7) is 2.00. The Morgan fingerprint density at radius 1 is 1.14 bits per heavy atom. The summed E-state index contributed by atoms with van der Waals surface area (Å²) in [4.78, 5) is 0. The zero-order chi connectivity index (χ0) is 10.2. The first-order valence-electron chi connectivity index (χ1n) is 4.73. The van der Waals surface area contributed by atoms with Crippen molar-refractivity contribution in [2.24, 2.45) is 0 Å². The lowest BCUT2D eigenvalue weighted by atomic mass is 10.2. The normalized spacial score (nSPS) is 13.9. The van der Waals surface area contributed by atoms with E-state index in [1.165, 1.54) is 12.8 Å². The molecule has 74 valence electrons. The number of hydrogen-bond acceptors (Lipinski definition) is 2. The molecule has 2 rings (SSSR count). The molecule has 0 spiro atoms. The molecule has 1 aromatic carbocycles. The summed E-state index contributed by atoms with van der Waals surface area (Å²) in [6.07, 6.45) is 7.66. The van der Waals surface area contributed by atoms with Gasteiger partial charge in [-0.15, -0.1) is 6.42 Å². The Kier molecular flexibility index (Phi) is 4.60. The summed E-state index contributed by atoms with van der Waals surface area (Å²) >= 11 is 0. The Bertz CT molecular complexity index is 285. The van der Waals surface area contributed by atoms with E-state index >= 15 is 0 Å². The number of nitrogen functional groups attached to an aromatic ring is 1. The highest BCUT2D eigenvalue weighted by Crippen LogP contribution is 2.02. The summed E-state index contributed by atoms with van der Waals surface area (Å²) in [5, 5.41) is 0. The highest BCUT2D eigenvalue weighted by Gasteiger charge is 1.94. The Labute approximate surface area is 85.1 Å². The average molecular weight is 189 g/mol. The van der Waals surface area contributed by atoms with Gasteiger partial charge in [-0.2, -0.15) is 0 Å². The molecule has 14 heavy (non-hydrogen) atoms. The van der Waals surface area contributed by atoms with E-state index in [0.717, 1.165) is 24.5 Å². The van der Waals surface area contributed by atoms with Crippen molar-refractivity contribution >= 4 is 5.69 Å². The van der Waals surface area contributed by atoms with E-state index < -0.39 is 0 Å². The average Bonchev–Trinajstić information content (AvgIpc) is 2.77. The Morgan fingerprint density at radius 2 is 1.71 bits per heavy atom. The van der Waals surface area contributed by atoms with Gasteiger partial charge >= 0.3 is 0 Å². The van der Waals surface area contributed by atoms with E-state index in [2.05, 4.69) is 5.92 Å². The molecular weight excluding hydrogens is 174 g/mol. The molecule has 2 heteroatoms. The third-order valence-electron chi connectivity index (χ3n) is 1.90. The van der Waals surface area contributed by atoms with Crippen LogP contribution in [0.15, 0.2) is 24.3 Å². The molecule has 1 aliphatic rings. The van der Waals surface area contributed by atoms with Gasteiger partial charge in [-0.3, -0.25) is 0 Å². The summed E-state index contributed by atoms with van der Waals surface area (Å²) in [5.41, 5.74) is 7.02. The van der Waals surface area contributed by atoms with E-state index in [1.54, 1.807) is 12.1 Å². The maximum absolute atomic E-state index is 5.41. The van der Waals surface area contributed by atoms with Crippen LogP contribution in [0.4, 0.5) is 5.69 Å². The second kappa shape index (κ2) is 6.06. The van der Waals surface area contributed by atoms with E-state index in [9.17, 15) is 0 Å². The van der Waals surface area contributed by atoms with Crippen molar-refractivity contribution in [3.05, 3.63) is 29.8 Å². The molecule has 0 bridgehead atoms. The fourth-order valence-electron chi connectivity index (χ4n) is 1.09. The molecule has 1 aromatic rings. The minimum absolute atomic E-state index is 0.744. The topological polar surface area (TPSA) is 35.2 Å². The van der Waals surface area contributed by atoms with Crippen molar-refractivity contribution in [3.8, 4) is 12.3 Å². The van der Waals surface area contributed by atoms with E-state index in [4.69, 9.17) is 16.9 Å². The van der Waals surface area contributed by atoms with Crippen molar-refractivity contribution in [3.63, 3.8) is 0 Å². The molecule has 1 saturated heterocycles. The van der Waals surface area contributed by atoms with Gasteiger partial charge in [0.25, 0.3) is 0 Å². The molecular formula is C12H15NO.